The molecule has 0 saturated carbocycles. The van der Waals surface area contributed by atoms with Crippen LogP contribution >= 0.6 is 0 Å². The highest BCUT2D eigenvalue weighted by Gasteiger charge is 2.09. The summed E-state index contributed by atoms with van der Waals surface area (Å²) in [6, 6.07) is 1.82. The number of nitrogens with one attached hydrogen (secondary N) is 1. The second-order valence-corrected chi connectivity index (χ2v) is 3.45. The maximum Gasteiger partial charge on any atom is 0.376 e. The van der Waals surface area contributed by atoms with Crippen LogP contribution in [-0.4, -0.2) is 35.6 Å². The molecule has 0 aromatic carbocycles. The van der Waals surface area contributed by atoms with Gasteiger partial charge in [-0.1, -0.05) is 0 Å². The third-order valence-corrected chi connectivity index (χ3v) is 1.93. The number of hydrogen-bond acceptors (Lipinski definition) is 6. The van der Waals surface area contributed by atoms with Crippen molar-refractivity contribution in [2.45, 2.75) is 19.4 Å². The zero-order chi connectivity index (χ0) is 12.0. The van der Waals surface area contributed by atoms with E-state index in [1.807, 2.05) is 6.92 Å². The Kier molecular flexibility index (Phi) is 4.65. The summed E-state index contributed by atoms with van der Waals surface area (Å²) >= 11 is 0. The van der Waals surface area contributed by atoms with Gasteiger partial charge in [-0.2, -0.15) is 0 Å². The molecular weight excluding hydrogens is 208 g/mol. The van der Waals surface area contributed by atoms with Crippen LogP contribution in [0, 0.1) is 0 Å². The summed E-state index contributed by atoms with van der Waals surface area (Å²) in [5.41, 5.74) is 5.61. The van der Waals surface area contributed by atoms with E-state index in [0.29, 0.717) is 12.4 Å². The number of methoxy groups -OCH3 is 1. The number of nitrogens with zero attached hydrogens (tertiary/aromatic N) is 2. The summed E-state index contributed by atoms with van der Waals surface area (Å²) < 4.78 is 4.52. The number of aromatic nitrogens is 2. The fourth-order valence-electron chi connectivity index (χ4n) is 1.07. The van der Waals surface area contributed by atoms with E-state index in [1.54, 1.807) is 6.07 Å². The maximum atomic E-state index is 11.2. The molecule has 0 aliphatic rings. The van der Waals surface area contributed by atoms with Crippen molar-refractivity contribution in [1.29, 1.82) is 0 Å². The van der Waals surface area contributed by atoms with E-state index in [9.17, 15) is 4.79 Å². The van der Waals surface area contributed by atoms with Crippen molar-refractivity contribution in [3.8, 4) is 0 Å². The van der Waals surface area contributed by atoms with Gasteiger partial charge in [0.2, 0.25) is 5.82 Å². The van der Waals surface area contributed by atoms with E-state index >= 15 is 0 Å². The number of hydrogen-bond donors (Lipinski definition) is 2. The third-order valence-electron chi connectivity index (χ3n) is 1.93. The van der Waals surface area contributed by atoms with Crippen molar-refractivity contribution < 1.29 is 9.53 Å². The minimum atomic E-state index is -0.546. The Morgan fingerprint density at radius 1 is 1.69 bits per heavy atom. The number of anilines is 1. The van der Waals surface area contributed by atoms with E-state index in [0.717, 1.165) is 6.42 Å². The molecule has 1 rings (SSSR count). The van der Waals surface area contributed by atoms with E-state index < -0.39 is 5.97 Å². The molecule has 0 aliphatic carbocycles. The van der Waals surface area contributed by atoms with Gasteiger partial charge >= 0.3 is 5.97 Å². The van der Waals surface area contributed by atoms with Gasteiger partial charge in [-0.3, -0.25) is 0 Å². The van der Waals surface area contributed by atoms with Crippen LogP contribution in [0.4, 0.5) is 5.82 Å². The molecule has 88 valence electrons. The molecule has 1 heterocycles. The van der Waals surface area contributed by atoms with E-state index in [4.69, 9.17) is 5.73 Å². The monoisotopic (exact) mass is 224 g/mol. The average Bonchev–Trinajstić information content (AvgIpc) is 2.28. The van der Waals surface area contributed by atoms with Gasteiger partial charge in [0.25, 0.3) is 0 Å². The SMILES string of the molecule is COC(=O)c1nccc(NCCC(C)N)n1. The Labute approximate surface area is 94.2 Å². The highest BCUT2D eigenvalue weighted by molar-refractivity contribution is 5.85. The van der Waals surface area contributed by atoms with Crippen LogP contribution in [-0.2, 0) is 4.74 Å². The van der Waals surface area contributed by atoms with Crippen molar-refractivity contribution in [3.63, 3.8) is 0 Å². The number of rotatable bonds is 5. The van der Waals surface area contributed by atoms with Crippen LogP contribution < -0.4 is 11.1 Å². The Morgan fingerprint density at radius 2 is 2.44 bits per heavy atom. The minimum Gasteiger partial charge on any atom is -0.463 e. The van der Waals surface area contributed by atoms with Crippen molar-refractivity contribution in [2.24, 2.45) is 5.73 Å². The highest BCUT2D eigenvalue weighted by atomic mass is 16.5. The molecule has 16 heavy (non-hydrogen) atoms. The molecule has 0 radical (unpaired) electrons. The normalized spacial score (nSPS) is 11.9. The third kappa shape index (κ3) is 3.82. The fraction of sp³-hybridized carbons (Fsp3) is 0.500. The highest BCUT2D eigenvalue weighted by Crippen LogP contribution is 2.03. The Hall–Kier alpha value is -1.69. The molecule has 1 aromatic heterocycles. The summed E-state index contributed by atoms with van der Waals surface area (Å²) in [6.45, 7) is 2.64. The Balaban J connectivity index is 2.57. The molecule has 0 amide bonds. The van der Waals surface area contributed by atoms with E-state index in [1.165, 1.54) is 13.3 Å². The predicted octanol–water partition coefficient (Wildman–Crippen LogP) is 0.412. The smallest absolute Gasteiger partial charge is 0.376 e. The molecule has 6 nitrogen and oxygen atoms in total. The lowest BCUT2D eigenvalue weighted by molar-refractivity contribution is 0.0587. The second kappa shape index (κ2) is 6.02. The first-order valence-electron chi connectivity index (χ1n) is 5.04. The summed E-state index contributed by atoms with van der Waals surface area (Å²) in [5, 5.41) is 3.06. The van der Waals surface area contributed by atoms with Crippen LogP contribution in [0.5, 0.6) is 0 Å². The lowest BCUT2D eigenvalue weighted by atomic mass is 10.2. The summed E-state index contributed by atoms with van der Waals surface area (Å²) in [4.78, 5) is 19.0. The second-order valence-electron chi connectivity index (χ2n) is 3.45. The molecule has 6 heteroatoms. The topological polar surface area (TPSA) is 90.1 Å². The molecule has 0 fully saturated rings. The quantitative estimate of drug-likeness (QED) is 0.704. The van der Waals surface area contributed by atoms with Crippen LogP contribution in [0.1, 0.15) is 24.0 Å². The molecule has 1 unspecified atom stereocenters. The zero-order valence-corrected chi connectivity index (χ0v) is 9.43. The van der Waals surface area contributed by atoms with Gasteiger partial charge in [0.05, 0.1) is 7.11 Å². The van der Waals surface area contributed by atoms with Gasteiger partial charge in [-0.25, -0.2) is 14.8 Å². The van der Waals surface area contributed by atoms with Crippen molar-refractivity contribution >= 4 is 11.8 Å². The molecular formula is C10H16N4O2. The number of carbonyl (C=O) groups excluding carboxylic acids is 1. The zero-order valence-electron chi connectivity index (χ0n) is 9.43. The van der Waals surface area contributed by atoms with Crippen molar-refractivity contribution in [3.05, 3.63) is 18.1 Å². The maximum absolute atomic E-state index is 11.2. The first-order chi connectivity index (χ1) is 7.63. The lowest BCUT2D eigenvalue weighted by Gasteiger charge is -2.07. The van der Waals surface area contributed by atoms with Gasteiger partial charge < -0.3 is 15.8 Å². The van der Waals surface area contributed by atoms with Crippen molar-refractivity contribution in [2.75, 3.05) is 19.0 Å². The largest absolute Gasteiger partial charge is 0.463 e. The first-order valence-corrected chi connectivity index (χ1v) is 5.04. The number of carbonyl (C=O) groups is 1. The van der Waals surface area contributed by atoms with Gasteiger partial charge in [0.15, 0.2) is 0 Å². The van der Waals surface area contributed by atoms with Crippen LogP contribution in [0.3, 0.4) is 0 Å². The minimum absolute atomic E-state index is 0.0493. The van der Waals surface area contributed by atoms with Crippen molar-refractivity contribution in [1.82, 2.24) is 9.97 Å². The molecule has 3 N–H and O–H groups in total. The molecule has 0 aliphatic heterocycles. The Bertz CT molecular complexity index is 354. The van der Waals surface area contributed by atoms with E-state index in [-0.39, 0.29) is 11.9 Å². The number of esters is 1. The summed E-state index contributed by atoms with van der Waals surface area (Å²) in [7, 11) is 1.29. The lowest BCUT2D eigenvalue weighted by Crippen LogP contribution is -2.19. The standard InChI is InChI=1S/C10H16N4O2/c1-7(11)3-5-12-8-4-6-13-9(14-8)10(15)16-2/h4,6-7H,3,5,11H2,1-2H3,(H,12,13,14). The van der Waals surface area contributed by atoms with Crippen LogP contribution in [0.15, 0.2) is 12.3 Å². The molecule has 1 atom stereocenters. The fourth-order valence-corrected chi connectivity index (χ4v) is 1.07. The summed E-state index contributed by atoms with van der Waals surface area (Å²) in [6.07, 6.45) is 2.34. The first kappa shape index (κ1) is 12.4. The molecule has 1 aromatic rings. The number of nitrogens with two attached hydrogens (primary N) is 1. The molecule has 0 spiro atoms. The van der Waals surface area contributed by atoms with E-state index in [2.05, 4.69) is 20.0 Å². The van der Waals surface area contributed by atoms with Gasteiger partial charge in [-0.05, 0) is 19.4 Å². The molecule has 0 saturated heterocycles. The molecule has 0 bridgehead atoms. The van der Waals surface area contributed by atoms with Gasteiger partial charge in [0, 0.05) is 18.8 Å². The number of ether oxygens (including phenoxy) is 1. The summed E-state index contributed by atoms with van der Waals surface area (Å²) in [5.74, 6) is 0.0974. The Morgan fingerprint density at radius 3 is 3.06 bits per heavy atom. The van der Waals surface area contributed by atoms with Gasteiger partial charge in [-0.15, -0.1) is 0 Å². The van der Waals surface area contributed by atoms with Crippen LogP contribution in [0.2, 0.25) is 0 Å². The average molecular weight is 224 g/mol. The van der Waals surface area contributed by atoms with Crippen LogP contribution in [0.25, 0.3) is 0 Å². The predicted molar refractivity (Wildman–Crippen MR) is 60.1 cm³/mol. The van der Waals surface area contributed by atoms with Gasteiger partial charge in [0.1, 0.15) is 5.82 Å².